The summed E-state index contributed by atoms with van der Waals surface area (Å²) in [4.78, 5) is 19.1. The van der Waals surface area contributed by atoms with Gasteiger partial charge < -0.3 is 5.32 Å². The van der Waals surface area contributed by atoms with Gasteiger partial charge in [0.2, 0.25) is 6.41 Å². The molecule has 0 bridgehead atoms. The third kappa shape index (κ3) is 3.41. The summed E-state index contributed by atoms with van der Waals surface area (Å²) >= 11 is 0. The molecule has 1 amide bonds. The molecule has 0 spiro atoms. The molecule has 0 aliphatic rings. The molecule has 0 unspecified atom stereocenters. The van der Waals surface area contributed by atoms with E-state index in [0.29, 0.717) is 22.2 Å². The lowest BCUT2D eigenvalue weighted by Crippen LogP contribution is -2.05. The van der Waals surface area contributed by atoms with Crippen LogP contribution in [0.3, 0.4) is 0 Å². The lowest BCUT2D eigenvalue weighted by molar-refractivity contribution is -0.105. The van der Waals surface area contributed by atoms with E-state index in [4.69, 9.17) is 0 Å². The number of anilines is 1. The highest BCUT2D eigenvalue weighted by Gasteiger charge is 2.15. The smallest absolute Gasteiger partial charge is 0.211 e. The van der Waals surface area contributed by atoms with Crippen LogP contribution in [0.1, 0.15) is 5.56 Å². The van der Waals surface area contributed by atoms with Crippen LogP contribution in [0, 0.1) is 17.5 Å². The molecular formula is C22H13F3N6O. The topological polar surface area (TPSA) is 85.6 Å². The first-order valence-electron chi connectivity index (χ1n) is 9.46. The molecule has 5 aromatic rings. The fourth-order valence-corrected chi connectivity index (χ4v) is 3.46. The highest BCUT2D eigenvalue weighted by Crippen LogP contribution is 2.27. The van der Waals surface area contributed by atoms with E-state index in [1.807, 2.05) is 11.4 Å². The van der Waals surface area contributed by atoms with Crippen LogP contribution in [0.2, 0.25) is 0 Å². The number of fused-ring (bicyclic) bond motifs is 2. The summed E-state index contributed by atoms with van der Waals surface area (Å²) in [6.45, 7) is 0.0501. The van der Waals surface area contributed by atoms with Gasteiger partial charge in [0.05, 0.1) is 17.8 Å². The summed E-state index contributed by atoms with van der Waals surface area (Å²) in [5.41, 5.74) is 1.55. The lowest BCUT2D eigenvalue weighted by atomic mass is 10.1. The summed E-state index contributed by atoms with van der Waals surface area (Å²) in [5, 5.41) is 10.8. The van der Waals surface area contributed by atoms with E-state index in [1.54, 1.807) is 30.5 Å². The molecular weight excluding hydrogens is 421 g/mol. The minimum Gasteiger partial charge on any atom is -0.324 e. The van der Waals surface area contributed by atoms with Gasteiger partial charge in [0.25, 0.3) is 0 Å². The van der Waals surface area contributed by atoms with Crippen molar-refractivity contribution in [2.75, 3.05) is 5.32 Å². The first-order valence-corrected chi connectivity index (χ1v) is 9.46. The molecule has 0 saturated heterocycles. The molecule has 5 rings (SSSR count). The Morgan fingerprint density at radius 3 is 2.56 bits per heavy atom. The van der Waals surface area contributed by atoms with E-state index in [2.05, 4.69) is 20.3 Å². The van der Waals surface area contributed by atoms with Crippen LogP contribution >= 0.6 is 0 Å². The first kappa shape index (κ1) is 19.6. The number of pyridine rings is 2. The summed E-state index contributed by atoms with van der Waals surface area (Å²) in [7, 11) is 0. The van der Waals surface area contributed by atoms with Gasteiger partial charge in [-0.25, -0.2) is 22.8 Å². The molecule has 0 fully saturated rings. The molecule has 0 aliphatic carbocycles. The van der Waals surface area contributed by atoms with Crippen molar-refractivity contribution in [2.24, 2.45) is 0 Å². The predicted octanol–water partition coefficient (Wildman–Crippen LogP) is 4.08. The SMILES string of the molecule is O=CNc1c(F)cc(-c2ccc3nnn(Cc4cc5cccnc5cc4F)c3n2)cc1F. The average Bonchev–Trinajstić information content (AvgIpc) is 3.18. The van der Waals surface area contributed by atoms with Gasteiger partial charge in [-0.05, 0) is 36.4 Å². The standard InChI is InChI=1S/C22H13F3N6O/c23-15-9-20-12(2-1-5-26-20)6-14(15)10-31-22-19(29-30-31)4-3-18(28-22)13-7-16(24)21(27-11-32)17(25)8-13/h1-9,11H,10H2,(H,27,32). The maximum atomic E-state index is 14.6. The number of hydrogen-bond acceptors (Lipinski definition) is 5. The van der Waals surface area contributed by atoms with Crippen molar-refractivity contribution in [1.29, 1.82) is 0 Å². The molecule has 7 nitrogen and oxygen atoms in total. The van der Waals surface area contributed by atoms with Crippen LogP contribution in [-0.2, 0) is 11.3 Å². The van der Waals surface area contributed by atoms with E-state index in [1.165, 1.54) is 10.7 Å². The summed E-state index contributed by atoms with van der Waals surface area (Å²) < 4.78 is 44.4. The molecule has 0 saturated carbocycles. The number of nitrogens with one attached hydrogen (secondary N) is 1. The Balaban J connectivity index is 1.55. The first-order chi connectivity index (χ1) is 15.5. The van der Waals surface area contributed by atoms with E-state index in [9.17, 15) is 18.0 Å². The van der Waals surface area contributed by atoms with Gasteiger partial charge in [0, 0.05) is 28.8 Å². The second kappa shape index (κ2) is 7.73. The number of aromatic nitrogens is 5. The quantitative estimate of drug-likeness (QED) is 0.422. The number of carbonyl (C=O) groups excluding carboxylic acids is 1. The van der Waals surface area contributed by atoms with Crippen LogP contribution in [0.25, 0.3) is 33.3 Å². The third-order valence-corrected chi connectivity index (χ3v) is 4.99. The van der Waals surface area contributed by atoms with Crippen molar-refractivity contribution in [3.8, 4) is 11.3 Å². The maximum Gasteiger partial charge on any atom is 0.211 e. The molecule has 0 atom stereocenters. The second-order valence-corrected chi connectivity index (χ2v) is 7.00. The lowest BCUT2D eigenvalue weighted by Gasteiger charge is -2.08. The zero-order valence-electron chi connectivity index (χ0n) is 16.3. The Morgan fingerprint density at radius 2 is 1.78 bits per heavy atom. The van der Waals surface area contributed by atoms with Crippen molar-refractivity contribution < 1.29 is 18.0 Å². The van der Waals surface area contributed by atoms with Gasteiger partial charge >= 0.3 is 0 Å². The monoisotopic (exact) mass is 434 g/mol. The number of carbonyl (C=O) groups is 1. The number of nitrogens with zero attached hydrogens (tertiary/aromatic N) is 5. The largest absolute Gasteiger partial charge is 0.324 e. The summed E-state index contributed by atoms with van der Waals surface area (Å²) in [6.07, 6.45) is 1.78. The van der Waals surface area contributed by atoms with Crippen molar-refractivity contribution in [1.82, 2.24) is 25.0 Å². The number of rotatable bonds is 5. The fraction of sp³-hybridized carbons (Fsp3) is 0.0455. The molecule has 32 heavy (non-hydrogen) atoms. The summed E-state index contributed by atoms with van der Waals surface area (Å²) in [6, 6.07) is 11.9. The Bertz CT molecular complexity index is 1480. The fourth-order valence-electron chi connectivity index (χ4n) is 3.46. The Hall–Kier alpha value is -4.34. The summed E-state index contributed by atoms with van der Waals surface area (Å²) in [5.74, 6) is -2.32. The highest BCUT2D eigenvalue weighted by molar-refractivity contribution is 5.80. The molecule has 3 aromatic heterocycles. The van der Waals surface area contributed by atoms with E-state index in [0.717, 1.165) is 17.5 Å². The third-order valence-electron chi connectivity index (χ3n) is 4.99. The molecule has 1 N–H and O–H groups in total. The number of amides is 1. The number of halogens is 3. The van der Waals surface area contributed by atoms with Gasteiger partial charge in [0.1, 0.15) is 28.7 Å². The van der Waals surface area contributed by atoms with E-state index < -0.39 is 23.1 Å². The van der Waals surface area contributed by atoms with E-state index in [-0.39, 0.29) is 24.2 Å². The Kier molecular flexibility index (Phi) is 4.74. The van der Waals surface area contributed by atoms with Crippen LogP contribution in [0.4, 0.5) is 18.9 Å². The van der Waals surface area contributed by atoms with Crippen molar-refractivity contribution in [2.45, 2.75) is 6.54 Å². The van der Waals surface area contributed by atoms with Gasteiger partial charge in [-0.15, -0.1) is 5.10 Å². The minimum absolute atomic E-state index is 0.0501. The van der Waals surface area contributed by atoms with Crippen LogP contribution < -0.4 is 5.32 Å². The number of hydrogen-bond donors (Lipinski definition) is 1. The molecule has 2 aromatic carbocycles. The molecule has 158 valence electrons. The zero-order chi connectivity index (χ0) is 22.2. The molecule has 0 radical (unpaired) electrons. The minimum atomic E-state index is -0.938. The molecule has 10 heteroatoms. The van der Waals surface area contributed by atoms with Gasteiger partial charge in [-0.3, -0.25) is 9.78 Å². The van der Waals surface area contributed by atoms with Crippen molar-refractivity contribution in [3.05, 3.63) is 77.7 Å². The van der Waals surface area contributed by atoms with Crippen LogP contribution in [0.15, 0.2) is 54.7 Å². The second-order valence-electron chi connectivity index (χ2n) is 7.00. The predicted molar refractivity (Wildman–Crippen MR) is 111 cm³/mol. The van der Waals surface area contributed by atoms with Crippen LogP contribution in [-0.4, -0.2) is 31.4 Å². The van der Waals surface area contributed by atoms with Crippen molar-refractivity contribution in [3.63, 3.8) is 0 Å². The normalized spacial score (nSPS) is 11.2. The molecule has 0 aliphatic heterocycles. The van der Waals surface area contributed by atoms with Crippen LogP contribution in [0.5, 0.6) is 0 Å². The average molecular weight is 434 g/mol. The maximum absolute atomic E-state index is 14.6. The number of benzene rings is 2. The Morgan fingerprint density at radius 1 is 0.969 bits per heavy atom. The van der Waals surface area contributed by atoms with Gasteiger partial charge in [-0.1, -0.05) is 11.3 Å². The van der Waals surface area contributed by atoms with Crippen molar-refractivity contribution >= 4 is 34.2 Å². The van der Waals surface area contributed by atoms with Gasteiger partial charge in [-0.2, -0.15) is 0 Å². The molecule has 3 heterocycles. The zero-order valence-corrected chi connectivity index (χ0v) is 16.3. The van der Waals surface area contributed by atoms with Gasteiger partial charge in [0.15, 0.2) is 5.65 Å². The van der Waals surface area contributed by atoms with E-state index >= 15 is 0 Å². The highest BCUT2D eigenvalue weighted by atomic mass is 19.1. The Labute approximate surface area is 178 Å².